The van der Waals surface area contributed by atoms with Crippen molar-refractivity contribution in [3.05, 3.63) is 17.5 Å². The molecule has 0 spiro atoms. The maximum Gasteiger partial charge on any atom is 0.0596 e. The molecule has 1 fully saturated rings. The molecule has 0 aromatic carbocycles. The summed E-state index contributed by atoms with van der Waals surface area (Å²) in [6.07, 6.45) is 5.24. The second-order valence-corrected chi connectivity index (χ2v) is 6.44. The fraction of sp³-hybridized carbons (Fsp3) is 0.786. The first-order valence-corrected chi connectivity index (χ1v) is 8.11. The van der Waals surface area contributed by atoms with E-state index in [9.17, 15) is 0 Å². The predicted octanol–water partition coefficient (Wildman–Crippen LogP) is 2.63. The van der Waals surface area contributed by atoms with Crippen LogP contribution in [0.5, 0.6) is 0 Å². The van der Waals surface area contributed by atoms with Crippen molar-refractivity contribution in [2.75, 3.05) is 12.8 Å². The van der Waals surface area contributed by atoms with E-state index in [1.165, 1.54) is 30.7 Å². The Bertz CT molecular complexity index is 369. The zero-order valence-electron chi connectivity index (χ0n) is 11.8. The van der Waals surface area contributed by atoms with Gasteiger partial charge in [-0.15, -0.1) is 0 Å². The number of aromatic nitrogens is 2. The largest absolute Gasteiger partial charge is 0.316 e. The Hall–Kier alpha value is -0.480. The lowest BCUT2D eigenvalue weighted by molar-refractivity contribution is 0.476. The molecule has 2 atom stereocenters. The van der Waals surface area contributed by atoms with Gasteiger partial charge >= 0.3 is 0 Å². The molecule has 0 radical (unpaired) electrons. The average Bonchev–Trinajstić information content (AvgIpc) is 2.77. The van der Waals surface area contributed by atoms with Crippen molar-refractivity contribution in [3.8, 4) is 0 Å². The zero-order chi connectivity index (χ0) is 13.0. The number of nitrogens with zero attached hydrogens (tertiary/aromatic N) is 2. The van der Waals surface area contributed by atoms with Gasteiger partial charge in [-0.1, -0.05) is 6.42 Å². The summed E-state index contributed by atoms with van der Waals surface area (Å²) >= 11 is 2.14. The van der Waals surface area contributed by atoms with Crippen LogP contribution in [0.1, 0.15) is 37.6 Å². The summed E-state index contributed by atoms with van der Waals surface area (Å²) in [7, 11) is 2.10. The number of aryl methyl sites for hydroxylation is 2. The van der Waals surface area contributed by atoms with Crippen molar-refractivity contribution in [1.29, 1.82) is 0 Å². The highest BCUT2D eigenvalue weighted by molar-refractivity contribution is 8.00. The molecular weight excluding hydrogens is 242 g/mol. The molecule has 1 aromatic heterocycles. The summed E-state index contributed by atoms with van der Waals surface area (Å²) in [6.45, 7) is 5.22. The van der Waals surface area contributed by atoms with Gasteiger partial charge in [0.25, 0.3) is 0 Å². The van der Waals surface area contributed by atoms with Gasteiger partial charge in [-0.3, -0.25) is 4.68 Å². The molecule has 1 saturated heterocycles. The van der Waals surface area contributed by atoms with E-state index < -0.39 is 0 Å². The highest BCUT2D eigenvalue weighted by atomic mass is 32.2. The van der Waals surface area contributed by atoms with Crippen LogP contribution in [-0.2, 0) is 13.0 Å². The second-order valence-electron chi connectivity index (χ2n) is 5.10. The van der Waals surface area contributed by atoms with Gasteiger partial charge in [-0.05, 0) is 45.6 Å². The summed E-state index contributed by atoms with van der Waals surface area (Å²) in [5.41, 5.74) is 2.51. The van der Waals surface area contributed by atoms with E-state index in [4.69, 9.17) is 0 Å². The predicted molar refractivity (Wildman–Crippen MR) is 79.3 cm³/mol. The van der Waals surface area contributed by atoms with Gasteiger partial charge in [0.05, 0.1) is 5.69 Å². The monoisotopic (exact) mass is 267 g/mol. The van der Waals surface area contributed by atoms with Crippen molar-refractivity contribution in [2.24, 2.45) is 0 Å². The first-order chi connectivity index (χ1) is 8.74. The summed E-state index contributed by atoms with van der Waals surface area (Å²) < 4.78 is 2.15. The molecule has 0 saturated carbocycles. The summed E-state index contributed by atoms with van der Waals surface area (Å²) in [5.74, 6) is 1.33. The molecule has 1 N–H and O–H groups in total. The zero-order valence-corrected chi connectivity index (χ0v) is 12.6. The number of thioether (sulfide) groups is 1. The van der Waals surface area contributed by atoms with Gasteiger partial charge in [0.15, 0.2) is 0 Å². The lowest BCUT2D eigenvalue weighted by Crippen LogP contribution is -2.39. The molecule has 1 aliphatic rings. The fourth-order valence-electron chi connectivity index (χ4n) is 2.76. The standard InChI is InChI=1S/C14H25N3S/c1-4-17-12(9-11(2)16-17)10-13(15-3)14-7-5-6-8-18-14/h9,13-15H,4-8,10H2,1-3H3. The van der Waals surface area contributed by atoms with Gasteiger partial charge in [0.1, 0.15) is 0 Å². The molecule has 4 heteroatoms. The van der Waals surface area contributed by atoms with Crippen molar-refractivity contribution in [2.45, 2.75) is 57.4 Å². The Morgan fingerprint density at radius 3 is 3.00 bits per heavy atom. The molecule has 18 heavy (non-hydrogen) atoms. The molecule has 1 aliphatic heterocycles. The van der Waals surface area contributed by atoms with E-state index in [-0.39, 0.29) is 0 Å². The van der Waals surface area contributed by atoms with Crippen LogP contribution < -0.4 is 5.32 Å². The average molecular weight is 267 g/mol. The van der Waals surface area contributed by atoms with Gasteiger partial charge in [-0.25, -0.2) is 0 Å². The molecule has 0 bridgehead atoms. The van der Waals surface area contributed by atoms with Crippen LogP contribution >= 0.6 is 11.8 Å². The molecule has 3 nitrogen and oxygen atoms in total. The minimum absolute atomic E-state index is 0.580. The van der Waals surface area contributed by atoms with Crippen LogP contribution in [-0.4, -0.2) is 33.9 Å². The third-order valence-electron chi connectivity index (χ3n) is 3.75. The van der Waals surface area contributed by atoms with Crippen LogP contribution in [0.2, 0.25) is 0 Å². The molecule has 2 heterocycles. The van der Waals surface area contributed by atoms with Crippen LogP contribution in [0.4, 0.5) is 0 Å². The Labute approximate surface area is 115 Å². The lowest BCUT2D eigenvalue weighted by atomic mass is 10.0. The van der Waals surface area contributed by atoms with Crippen molar-refractivity contribution >= 4 is 11.8 Å². The lowest BCUT2D eigenvalue weighted by Gasteiger charge is -2.29. The van der Waals surface area contributed by atoms with Gasteiger partial charge in [-0.2, -0.15) is 16.9 Å². The summed E-state index contributed by atoms with van der Waals surface area (Å²) in [5, 5.41) is 8.83. The van der Waals surface area contributed by atoms with Crippen molar-refractivity contribution in [1.82, 2.24) is 15.1 Å². The van der Waals surface area contributed by atoms with E-state index in [1.54, 1.807) is 0 Å². The van der Waals surface area contributed by atoms with Crippen LogP contribution in [0.25, 0.3) is 0 Å². The van der Waals surface area contributed by atoms with Crippen LogP contribution in [0.15, 0.2) is 6.07 Å². The topological polar surface area (TPSA) is 29.9 Å². The van der Waals surface area contributed by atoms with E-state index in [1.807, 2.05) is 0 Å². The summed E-state index contributed by atoms with van der Waals surface area (Å²) in [6, 6.07) is 2.82. The summed E-state index contributed by atoms with van der Waals surface area (Å²) in [4.78, 5) is 0. The quantitative estimate of drug-likeness (QED) is 0.889. The van der Waals surface area contributed by atoms with Crippen LogP contribution in [0.3, 0.4) is 0 Å². The van der Waals surface area contributed by atoms with E-state index in [2.05, 4.69) is 53.8 Å². The minimum Gasteiger partial charge on any atom is -0.316 e. The number of likely N-dealkylation sites (N-methyl/N-ethyl adjacent to an activating group) is 1. The molecule has 2 unspecified atom stereocenters. The fourth-order valence-corrected chi connectivity index (χ4v) is 4.24. The molecule has 2 rings (SSSR count). The van der Waals surface area contributed by atoms with Crippen molar-refractivity contribution < 1.29 is 0 Å². The van der Waals surface area contributed by atoms with Crippen molar-refractivity contribution in [3.63, 3.8) is 0 Å². The SMILES string of the molecule is CCn1nc(C)cc1CC(NC)C1CCCCS1. The molecule has 0 aliphatic carbocycles. The Kier molecular flexibility index (Phi) is 5.13. The molecule has 0 amide bonds. The Morgan fingerprint density at radius 1 is 1.56 bits per heavy atom. The normalized spacial score (nSPS) is 22.1. The first kappa shape index (κ1) is 13.9. The first-order valence-electron chi connectivity index (χ1n) is 7.06. The number of hydrogen-bond donors (Lipinski definition) is 1. The number of nitrogens with one attached hydrogen (secondary N) is 1. The van der Waals surface area contributed by atoms with Gasteiger partial charge < -0.3 is 5.32 Å². The smallest absolute Gasteiger partial charge is 0.0596 e. The highest BCUT2D eigenvalue weighted by Gasteiger charge is 2.24. The Balaban J connectivity index is 2.04. The second kappa shape index (κ2) is 6.62. The van der Waals surface area contributed by atoms with Crippen LogP contribution in [0, 0.1) is 6.92 Å². The van der Waals surface area contributed by atoms with E-state index in [0.717, 1.165) is 23.9 Å². The Morgan fingerprint density at radius 2 is 2.39 bits per heavy atom. The third-order valence-corrected chi connectivity index (χ3v) is 5.27. The van der Waals surface area contributed by atoms with E-state index >= 15 is 0 Å². The number of hydrogen-bond acceptors (Lipinski definition) is 3. The molecule has 102 valence electrons. The third kappa shape index (κ3) is 3.29. The molecular formula is C14H25N3S. The molecule has 1 aromatic rings. The maximum absolute atomic E-state index is 4.54. The minimum atomic E-state index is 0.580. The maximum atomic E-state index is 4.54. The van der Waals surface area contributed by atoms with E-state index in [0.29, 0.717) is 6.04 Å². The van der Waals surface area contributed by atoms with Gasteiger partial charge in [0, 0.05) is 30.0 Å². The van der Waals surface area contributed by atoms with Gasteiger partial charge in [0.2, 0.25) is 0 Å². The highest BCUT2D eigenvalue weighted by Crippen LogP contribution is 2.28. The number of rotatable bonds is 5.